The second-order valence-electron chi connectivity index (χ2n) is 4.88. The van der Waals surface area contributed by atoms with E-state index in [1.54, 1.807) is 30.5 Å². The maximum absolute atomic E-state index is 11.5. The summed E-state index contributed by atoms with van der Waals surface area (Å²) in [5.41, 5.74) is 1.20. The van der Waals surface area contributed by atoms with Gasteiger partial charge in [0.15, 0.2) is 0 Å². The fourth-order valence-corrected chi connectivity index (χ4v) is 2.62. The Morgan fingerprint density at radius 1 is 1.48 bits per heavy atom. The molecule has 1 aliphatic rings. The molecule has 3 rings (SSSR count). The maximum atomic E-state index is 11.5. The van der Waals surface area contributed by atoms with Crippen molar-refractivity contribution < 1.29 is 14.8 Å². The summed E-state index contributed by atoms with van der Waals surface area (Å²) in [7, 11) is 0. The number of aromatic nitrogens is 1. The van der Waals surface area contributed by atoms with E-state index in [-0.39, 0.29) is 23.3 Å². The van der Waals surface area contributed by atoms with E-state index in [9.17, 15) is 15.2 Å². The molecule has 1 atom stereocenters. The molecule has 0 saturated carbocycles. The summed E-state index contributed by atoms with van der Waals surface area (Å²) < 4.78 is 5.39. The third-order valence-corrected chi connectivity index (χ3v) is 3.60. The third kappa shape index (κ3) is 2.53. The molecule has 1 aromatic carbocycles. The van der Waals surface area contributed by atoms with Crippen LogP contribution in [-0.4, -0.2) is 47.4 Å². The van der Waals surface area contributed by atoms with Gasteiger partial charge in [-0.15, -0.1) is 0 Å². The molecule has 2 heterocycles. The second-order valence-corrected chi connectivity index (χ2v) is 4.88. The van der Waals surface area contributed by atoms with Crippen LogP contribution < -0.4 is 4.90 Å². The van der Waals surface area contributed by atoms with Crippen LogP contribution in [0, 0.1) is 10.1 Å². The molecule has 1 N–H and O–H groups in total. The van der Waals surface area contributed by atoms with Gasteiger partial charge >= 0.3 is 5.69 Å². The van der Waals surface area contributed by atoms with E-state index in [0.717, 1.165) is 0 Å². The summed E-state index contributed by atoms with van der Waals surface area (Å²) in [6.45, 7) is 1.33. The number of nitro benzene ring substituents is 1. The fourth-order valence-electron chi connectivity index (χ4n) is 2.62. The Morgan fingerprint density at radius 3 is 3.10 bits per heavy atom. The van der Waals surface area contributed by atoms with Crippen molar-refractivity contribution >= 4 is 22.3 Å². The van der Waals surface area contributed by atoms with Crippen molar-refractivity contribution in [1.29, 1.82) is 0 Å². The minimum Gasteiger partial charge on any atom is -0.394 e. The molecule has 1 aliphatic heterocycles. The van der Waals surface area contributed by atoms with E-state index in [4.69, 9.17) is 4.74 Å². The van der Waals surface area contributed by atoms with Crippen molar-refractivity contribution in [3.05, 3.63) is 40.6 Å². The Hall–Kier alpha value is -2.25. The number of nitrogens with zero attached hydrogens (tertiary/aromatic N) is 3. The van der Waals surface area contributed by atoms with Crippen molar-refractivity contribution in [2.24, 2.45) is 0 Å². The van der Waals surface area contributed by atoms with Crippen molar-refractivity contribution in [1.82, 2.24) is 4.98 Å². The van der Waals surface area contributed by atoms with Gasteiger partial charge in [0, 0.05) is 19.3 Å². The highest BCUT2D eigenvalue weighted by Crippen LogP contribution is 2.35. The van der Waals surface area contributed by atoms with E-state index in [1.807, 2.05) is 4.90 Å². The largest absolute Gasteiger partial charge is 0.394 e. The summed E-state index contributed by atoms with van der Waals surface area (Å²) in [5, 5.41) is 21.2. The summed E-state index contributed by atoms with van der Waals surface area (Å²) in [6, 6.07) is 6.89. The van der Waals surface area contributed by atoms with Gasteiger partial charge in [-0.25, -0.2) is 0 Å². The van der Waals surface area contributed by atoms with Gasteiger partial charge in [-0.1, -0.05) is 0 Å². The molecule has 1 aromatic heterocycles. The second kappa shape index (κ2) is 5.63. The lowest BCUT2D eigenvalue weighted by Gasteiger charge is -2.33. The molecule has 0 amide bonds. The van der Waals surface area contributed by atoms with Crippen molar-refractivity contribution in [3.8, 4) is 0 Å². The molecule has 7 heteroatoms. The van der Waals surface area contributed by atoms with Crippen LogP contribution in [0.3, 0.4) is 0 Å². The first-order chi connectivity index (χ1) is 10.2. The smallest absolute Gasteiger partial charge is 0.301 e. The monoisotopic (exact) mass is 289 g/mol. The maximum Gasteiger partial charge on any atom is 0.301 e. The molecule has 0 aliphatic carbocycles. The predicted octanol–water partition coefficient (Wildman–Crippen LogP) is 1.34. The predicted molar refractivity (Wildman–Crippen MR) is 77.4 cm³/mol. The number of aliphatic hydroxyl groups excluding tert-OH is 1. The zero-order valence-corrected chi connectivity index (χ0v) is 11.3. The number of fused-ring (bicyclic) bond motifs is 1. The lowest BCUT2D eigenvalue weighted by atomic mass is 10.1. The Morgan fingerprint density at radius 2 is 2.33 bits per heavy atom. The van der Waals surface area contributed by atoms with Gasteiger partial charge in [-0.05, 0) is 24.3 Å². The molecular formula is C14H15N3O4. The first kappa shape index (κ1) is 13.7. The summed E-state index contributed by atoms with van der Waals surface area (Å²) >= 11 is 0. The summed E-state index contributed by atoms with van der Waals surface area (Å²) in [6.07, 6.45) is 1.30. The SMILES string of the molecule is O=[N+]([O-])c1c(N2CCOC(CO)C2)ccc2ncccc12. The first-order valence-electron chi connectivity index (χ1n) is 6.70. The topological polar surface area (TPSA) is 88.7 Å². The number of benzene rings is 1. The lowest BCUT2D eigenvalue weighted by Crippen LogP contribution is -2.44. The first-order valence-corrected chi connectivity index (χ1v) is 6.70. The van der Waals surface area contributed by atoms with Crippen LogP contribution >= 0.6 is 0 Å². The highest BCUT2D eigenvalue weighted by Gasteiger charge is 2.27. The molecule has 2 aromatic rings. The van der Waals surface area contributed by atoms with Crippen molar-refractivity contribution in [2.75, 3.05) is 31.2 Å². The highest BCUT2D eigenvalue weighted by atomic mass is 16.6. The van der Waals surface area contributed by atoms with Gasteiger partial charge in [-0.2, -0.15) is 0 Å². The number of nitro groups is 1. The average Bonchev–Trinajstić information content (AvgIpc) is 2.53. The van der Waals surface area contributed by atoms with Crippen LogP contribution in [0.2, 0.25) is 0 Å². The molecule has 1 fully saturated rings. The van der Waals surface area contributed by atoms with Crippen LogP contribution in [0.4, 0.5) is 11.4 Å². The Labute approximate surface area is 120 Å². The lowest BCUT2D eigenvalue weighted by molar-refractivity contribution is -0.382. The molecule has 0 spiro atoms. The number of morpholine rings is 1. The molecule has 0 bridgehead atoms. The number of anilines is 1. The van der Waals surface area contributed by atoms with Crippen LogP contribution in [0.15, 0.2) is 30.5 Å². The zero-order valence-electron chi connectivity index (χ0n) is 11.3. The summed E-state index contributed by atoms with van der Waals surface area (Å²) in [4.78, 5) is 17.2. The van der Waals surface area contributed by atoms with Gasteiger partial charge in [0.25, 0.3) is 0 Å². The molecule has 110 valence electrons. The molecule has 1 unspecified atom stereocenters. The minimum absolute atomic E-state index is 0.0548. The van der Waals surface area contributed by atoms with Gasteiger partial charge in [0.2, 0.25) is 0 Å². The zero-order chi connectivity index (χ0) is 14.8. The van der Waals surface area contributed by atoms with Crippen molar-refractivity contribution in [3.63, 3.8) is 0 Å². The molecule has 1 saturated heterocycles. The van der Waals surface area contributed by atoms with E-state index in [1.165, 1.54) is 0 Å². The molecular weight excluding hydrogens is 274 g/mol. The summed E-state index contributed by atoms with van der Waals surface area (Å²) in [5.74, 6) is 0. The Balaban J connectivity index is 2.09. The van der Waals surface area contributed by atoms with Crippen LogP contribution in [0.5, 0.6) is 0 Å². The highest BCUT2D eigenvalue weighted by molar-refractivity contribution is 5.94. The molecule has 0 radical (unpaired) electrons. The molecule has 21 heavy (non-hydrogen) atoms. The van der Waals surface area contributed by atoms with E-state index in [2.05, 4.69) is 4.98 Å². The van der Waals surface area contributed by atoms with E-state index < -0.39 is 0 Å². The number of pyridine rings is 1. The minimum atomic E-state index is -0.372. The van der Waals surface area contributed by atoms with Gasteiger partial charge in [0.05, 0.1) is 35.1 Å². The number of rotatable bonds is 3. The standard InChI is InChI=1S/C14H15N3O4/c18-9-10-8-16(6-7-21-10)13-4-3-12-11(2-1-5-15-12)14(13)17(19)20/h1-5,10,18H,6-9H2. The van der Waals surface area contributed by atoms with Crippen LogP contribution in [0.25, 0.3) is 10.9 Å². The Bertz CT molecular complexity index is 676. The Kier molecular flexibility index (Phi) is 3.68. The number of ether oxygens (including phenoxy) is 1. The third-order valence-electron chi connectivity index (χ3n) is 3.60. The number of aliphatic hydroxyl groups is 1. The quantitative estimate of drug-likeness (QED) is 0.677. The van der Waals surface area contributed by atoms with Crippen molar-refractivity contribution in [2.45, 2.75) is 6.10 Å². The van der Waals surface area contributed by atoms with Crippen LogP contribution in [0.1, 0.15) is 0 Å². The van der Waals surface area contributed by atoms with Crippen LogP contribution in [-0.2, 0) is 4.74 Å². The fraction of sp³-hybridized carbons (Fsp3) is 0.357. The molecule has 7 nitrogen and oxygen atoms in total. The average molecular weight is 289 g/mol. The number of hydrogen-bond acceptors (Lipinski definition) is 6. The van der Waals surface area contributed by atoms with Gasteiger partial charge < -0.3 is 14.7 Å². The van der Waals surface area contributed by atoms with E-state index in [0.29, 0.717) is 36.3 Å². The number of hydrogen-bond donors (Lipinski definition) is 1. The van der Waals surface area contributed by atoms with Gasteiger partial charge in [-0.3, -0.25) is 15.1 Å². The van der Waals surface area contributed by atoms with Gasteiger partial charge in [0.1, 0.15) is 5.69 Å². The normalized spacial score (nSPS) is 18.9. The van der Waals surface area contributed by atoms with E-state index >= 15 is 0 Å².